The highest BCUT2D eigenvalue weighted by molar-refractivity contribution is 9.10. The van der Waals surface area contributed by atoms with Crippen LogP contribution >= 0.6 is 15.9 Å². The van der Waals surface area contributed by atoms with Crippen molar-refractivity contribution in [1.82, 2.24) is 14.8 Å². The Kier molecular flexibility index (Phi) is 4.14. The maximum absolute atomic E-state index is 13.1. The lowest BCUT2D eigenvalue weighted by Gasteiger charge is -2.14. The molecule has 0 atom stereocenters. The van der Waals surface area contributed by atoms with Gasteiger partial charge in [-0.05, 0) is 25.1 Å². The average molecular weight is 349 g/mol. The summed E-state index contributed by atoms with van der Waals surface area (Å²) in [5.74, 6) is 0.631. The summed E-state index contributed by atoms with van der Waals surface area (Å²) in [7, 11) is 0. The molecule has 4 nitrogen and oxygen atoms in total. The summed E-state index contributed by atoms with van der Waals surface area (Å²) < 4.78 is 41.3. The van der Waals surface area contributed by atoms with E-state index >= 15 is 0 Å². The molecule has 1 aromatic heterocycles. The highest BCUT2D eigenvalue weighted by Crippen LogP contribution is 2.38. The lowest BCUT2D eigenvalue weighted by Crippen LogP contribution is -2.11. The van der Waals surface area contributed by atoms with Crippen molar-refractivity contribution < 1.29 is 13.2 Å². The van der Waals surface area contributed by atoms with Gasteiger partial charge in [-0.3, -0.25) is 0 Å². The van der Waals surface area contributed by atoms with Gasteiger partial charge in [0, 0.05) is 16.6 Å². The van der Waals surface area contributed by atoms with Crippen LogP contribution < -0.4 is 5.73 Å². The normalized spacial score (nSPS) is 11.9. The lowest BCUT2D eigenvalue weighted by atomic mass is 10.1. The molecular formula is C12H12BrF3N4. The Bertz CT molecular complexity index is 622. The van der Waals surface area contributed by atoms with Crippen LogP contribution in [0.5, 0.6) is 0 Å². The van der Waals surface area contributed by atoms with E-state index in [-0.39, 0.29) is 17.9 Å². The van der Waals surface area contributed by atoms with Crippen molar-refractivity contribution in [3.8, 4) is 11.4 Å². The Balaban J connectivity index is 2.67. The van der Waals surface area contributed by atoms with E-state index in [0.717, 1.165) is 6.07 Å². The second-order valence-corrected chi connectivity index (χ2v) is 4.99. The number of aromatic nitrogens is 3. The van der Waals surface area contributed by atoms with E-state index in [1.165, 1.54) is 6.07 Å². The number of rotatable bonds is 3. The van der Waals surface area contributed by atoms with Crippen LogP contribution in [0.25, 0.3) is 11.4 Å². The number of nitrogens with two attached hydrogens (primary N) is 1. The molecule has 1 aromatic carbocycles. The molecule has 2 N–H and O–H groups in total. The van der Waals surface area contributed by atoms with Crippen molar-refractivity contribution in [2.75, 3.05) is 0 Å². The number of hydrogen-bond donors (Lipinski definition) is 1. The fourth-order valence-electron chi connectivity index (χ4n) is 1.96. The van der Waals surface area contributed by atoms with Gasteiger partial charge in [-0.1, -0.05) is 15.9 Å². The van der Waals surface area contributed by atoms with E-state index in [1.807, 2.05) is 0 Å². The molecule has 2 rings (SSSR count). The molecule has 8 heteroatoms. The number of nitrogens with zero attached hydrogens (tertiary/aromatic N) is 3. The summed E-state index contributed by atoms with van der Waals surface area (Å²) in [6, 6.07) is 3.96. The van der Waals surface area contributed by atoms with E-state index in [9.17, 15) is 13.2 Å². The third-order valence-corrected chi connectivity index (χ3v) is 3.35. The predicted octanol–water partition coefficient (Wildman–Crippen LogP) is 3.21. The van der Waals surface area contributed by atoms with Crippen molar-refractivity contribution in [1.29, 1.82) is 0 Å². The molecule has 20 heavy (non-hydrogen) atoms. The fourth-order valence-corrected chi connectivity index (χ4v) is 2.32. The van der Waals surface area contributed by atoms with Crippen molar-refractivity contribution in [3.63, 3.8) is 0 Å². The summed E-state index contributed by atoms with van der Waals surface area (Å²) in [5, 5.41) is 7.69. The molecule has 0 saturated carbocycles. The van der Waals surface area contributed by atoms with Gasteiger partial charge in [0.05, 0.1) is 12.1 Å². The molecule has 0 aliphatic carbocycles. The van der Waals surface area contributed by atoms with Gasteiger partial charge in [0.1, 0.15) is 5.82 Å². The summed E-state index contributed by atoms with van der Waals surface area (Å²) in [6.07, 6.45) is -4.47. The molecular weight excluding hydrogens is 337 g/mol. The minimum Gasteiger partial charge on any atom is -0.324 e. The van der Waals surface area contributed by atoms with Gasteiger partial charge in [0.2, 0.25) is 0 Å². The number of hydrogen-bond acceptors (Lipinski definition) is 3. The maximum Gasteiger partial charge on any atom is 0.417 e. The Labute approximate surface area is 121 Å². The summed E-state index contributed by atoms with van der Waals surface area (Å²) in [6.45, 7) is 2.37. The van der Waals surface area contributed by atoms with Crippen LogP contribution in [0.15, 0.2) is 22.7 Å². The van der Waals surface area contributed by atoms with Crippen molar-refractivity contribution >= 4 is 15.9 Å². The molecule has 108 valence electrons. The first kappa shape index (κ1) is 15.0. The first-order chi connectivity index (χ1) is 9.38. The summed E-state index contributed by atoms with van der Waals surface area (Å²) in [5.41, 5.74) is 4.76. The minimum absolute atomic E-state index is 0.00486. The van der Waals surface area contributed by atoms with Crippen molar-refractivity contribution in [2.24, 2.45) is 5.73 Å². The van der Waals surface area contributed by atoms with Gasteiger partial charge in [-0.25, -0.2) is 0 Å². The molecule has 0 bridgehead atoms. The van der Waals surface area contributed by atoms with Crippen LogP contribution in [0.3, 0.4) is 0 Å². The third-order valence-electron chi connectivity index (χ3n) is 2.85. The van der Waals surface area contributed by atoms with Gasteiger partial charge in [0.25, 0.3) is 0 Å². The van der Waals surface area contributed by atoms with E-state index in [4.69, 9.17) is 5.73 Å². The SMILES string of the molecule is CCn1c(CN)nnc1-c1ccc(Br)cc1C(F)(F)F. The number of alkyl halides is 3. The van der Waals surface area contributed by atoms with Crippen LogP contribution in [0.2, 0.25) is 0 Å². The number of benzene rings is 1. The van der Waals surface area contributed by atoms with Crippen LogP contribution in [0.1, 0.15) is 18.3 Å². The zero-order valence-electron chi connectivity index (χ0n) is 10.6. The Morgan fingerprint density at radius 1 is 1.30 bits per heavy atom. The van der Waals surface area contributed by atoms with Crippen LogP contribution in [-0.4, -0.2) is 14.8 Å². The first-order valence-corrected chi connectivity index (χ1v) is 6.67. The van der Waals surface area contributed by atoms with Gasteiger partial charge < -0.3 is 10.3 Å². The summed E-state index contributed by atoms with van der Waals surface area (Å²) >= 11 is 3.05. The average Bonchev–Trinajstić information content (AvgIpc) is 2.80. The van der Waals surface area contributed by atoms with Crippen LogP contribution in [-0.2, 0) is 19.3 Å². The van der Waals surface area contributed by atoms with Gasteiger partial charge in [0.15, 0.2) is 5.82 Å². The molecule has 0 aliphatic heterocycles. The maximum atomic E-state index is 13.1. The Hall–Kier alpha value is -1.41. The molecule has 0 amide bonds. The molecule has 0 aliphatic rings. The number of halogens is 4. The quantitative estimate of drug-likeness (QED) is 0.926. The van der Waals surface area contributed by atoms with E-state index in [2.05, 4.69) is 26.1 Å². The molecule has 2 aromatic rings. The smallest absolute Gasteiger partial charge is 0.324 e. The molecule has 0 spiro atoms. The second-order valence-electron chi connectivity index (χ2n) is 4.08. The molecule has 0 unspecified atom stereocenters. The third kappa shape index (κ3) is 2.71. The lowest BCUT2D eigenvalue weighted by molar-refractivity contribution is -0.137. The topological polar surface area (TPSA) is 56.7 Å². The molecule has 0 saturated heterocycles. The Morgan fingerprint density at radius 2 is 2.00 bits per heavy atom. The largest absolute Gasteiger partial charge is 0.417 e. The molecule has 0 fully saturated rings. The second kappa shape index (κ2) is 5.53. The van der Waals surface area contributed by atoms with Crippen LogP contribution in [0.4, 0.5) is 13.2 Å². The first-order valence-electron chi connectivity index (χ1n) is 5.87. The zero-order chi connectivity index (χ0) is 14.9. The highest BCUT2D eigenvalue weighted by Gasteiger charge is 2.35. The highest BCUT2D eigenvalue weighted by atomic mass is 79.9. The Morgan fingerprint density at radius 3 is 2.55 bits per heavy atom. The summed E-state index contributed by atoms with van der Waals surface area (Å²) in [4.78, 5) is 0. The van der Waals surface area contributed by atoms with E-state index < -0.39 is 11.7 Å². The van der Waals surface area contributed by atoms with Crippen molar-refractivity contribution in [2.45, 2.75) is 26.2 Å². The zero-order valence-corrected chi connectivity index (χ0v) is 12.2. The van der Waals surface area contributed by atoms with Crippen LogP contribution in [0, 0.1) is 0 Å². The van der Waals surface area contributed by atoms with E-state index in [0.29, 0.717) is 16.8 Å². The van der Waals surface area contributed by atoms with Crippen molar-refractivity contribution in [3.05, 3.63) is 34.1 Å². The van der Waals surface area contributed by atoms with Gasteiger partial charge in [-0.15, -0.1) is 10.2 Å². The van der Waals surface area contributed by atoms with Gasteiger partial charge >= 0.3 is 6.18 Å². The monoisotopic (exact) mass is 348 g/mol. The van der Waals surface area contributed by atoms with Gasteiger partial charge in [-0.2, -0.15) is 13.2 Å². The predicted molar refractivity (Wildman–Crippen MR) is 71.7 cm³/mol. The van der Waals surface area contributed by atoms with E-state index in [1.54, 1.807) is 17.6 Å². The fraction of sp³-hybridized carbons (Fsp3) is 0.333. The minimum atomic E-state index is -4.47. The molecule has 1 heterocycles. The molecule has 0 radical (unpaired) electrons. The standard InChI is InChI=1S/C12H12BrF3N4/c1-2-20-10(6-17)18-19-11(20)8-4-3-7(13)5-9(8)12(14,15)16/h3-5H,2,6,17H2,1H3.